The molecule has 5 fully saturated rings. The van der Waals surface area contributed by atoms with Crippen molar-refractivity contribution in [3.8, 4) is 0 Å². The fourth-order valence-electron chi connectivity index (χ4n) is 7.69. The maximum Gasteiger partial charge on any atom is 0.330 e. The molecule has 3 aromatic rings. The lowest BCUT2D eigenvalue weighted by molar-refractivity contribution is -0.203. The molecule has 12 atom stereocenters. The Morgan fingerprint density at radius 1 is 0.562 bits per heavy atom. The van der Waals surface area contributed by atoms with Gasteiger partial charge >= 0.3 is 29.0 Å². The first kappa shape index (κ1) is 58.4. The number of aliphatic hydroxyl groups excluding tert-OH is 3. The first-order valence-electron chi connectivity index (χ1n) is 23.2. The molecule has 0 aromatic carbocycles. The van der Waals surface area contributed by atoms with Crippen LogP contribution in [0.1, 0.15) is 87.9 Å². The zero-order valence-corrected chi connectivity index (χ0v) is 42.4. The summed E-state index contributed by atoms with van der Waals surface area (Å²) < 4.78 is 53.7. The third kappa shape index (κ3) is 14.7. The SMILES string of the molecule is CC(C)C(=O)Cl.CC(C)C(=O)OC[C@H]1O[C@@H](n2ccc(=O)[nH]c2=O)[C@@H](O)C1O.CC(C)C(=O)OC[C@H]1O[C@@H](n2ccc(=O)[nH]c2=O)[C@H]2OC(C)(C)OC12.CC1(C)OC2[C@@H](CO)O[C@@H](n3ccc(=O)[nH]c3=O)[C@H]2O1. The Hall–Kier alpha value is -5.46. The fourth-order valence-corrected chi connectivity index (χ4v) is 7.69. The second-order valence-electron chi connectivity index (χ2n) is 19.1. The molecule has 406 valence electrons. The number of rotatable bonds is 11. The maximum atomic E-state index is 12.1. The third-order valence-electron chi connectivity index (χ3n) is 11.3. The average molecular weight is 1060 g/mol. The van der Waals surface area contributed by atoms with Gasteiger partial charge in [0.15, 0.2) is 30.3 Å². The molecular weight excluding hydrogens is 996 g/mol. The number of hydrogen-bond donors (Lipinski definition) is 6. The topological polar surface area (TPSA) is 360 Å². The van der Waals surface area contributed by atoms with Crippen molar-refractivity contribution in [1.29, 1.82) is 0 Å². The van der Waals surface area contributed by atoms with Crippen LogP contribution < -0.4 is 33.7 Å². The largest absolute Gasteiger partial charge is 0.463 e. The molecule has 73 heavy (non-hydrogen) atoms. The second-order valence-corrected chi connectivity index (χ2v) is 19.4. The van der Waals surface area contributed by atoms with Gasteiger partial charge in [0.05, 0.1) is 18.4 Å². The number of aliphatic hydroxyl groups is 3. The predicted octanol–water partition coefficient (Wildman–Crippen LogP) is -1.14. The zero-order chi connectivity index (χ0) is 54.4. The van der Waals surface area contributed by atoms with Crippen LogP contribution in [0.4, 0.5) is 0 Å². The van der Waals surface area contributed by atoms with E-state index in [2.05, 4.69) is 9.97 Å². The Bertz CT molecular complexity index is 2760. The number of carbonyl (C=O) groups is 3. The van der Waals surface area contributed by atoms with Gasteiger partial charge in [-0.05, 0) is 39.3 Å². The Morgan fingerprint density at radius 2 is 0.890 bits per heavy atom. The Kier molecular flexibility index (Phi) is 19.4. The first-order valence-corrected chi connectivity index (χ1v) is 23.5. The minimum absolute atomic E-state index is 0.00771. The molecular formula is C45H63ClN6O21. The summed E-state index contributed by atoms with van der Waals surface area (Å²) in [4.78, 5) is 108. The summed E-state index contributed by atoms with van der Waals surface area (Å²) in [6, 6.07) is 3.55. The van der Waals surface area contributed by atoms with Gasteiger partial charge in [-0.2, -0.15) is 0 Å². The number of nitrogens with one attached hydrogen (secondary N) is 3. The highest BCUT2D eigenvalue weighted by molar-refractivity contribution is 6.63. The molecule has 5 aliphatic heterocycles. The van der Waals surface area contributed by atoms with Crippen molar-refractivity contribution in [3.05, 3.63) is 99.3 Å². The van der Waals surface area contributed by atoms with E-state index in [1.807, 2.05) is 4.98 Å². The highest BCUT2D eigenvalue weighted by atomic mass is 35.5. The van der Waals surface area contributed by atoms with Crippen LogP contribution in [-0.4, -0.2) is 147 Å². The molecule has 8 heterocycles. The number of aromatic amines is 3. The van der Waals surface area contributed by atoms with Gasteiger partial charge in [-0.15, -0.1) is 0 Å². The molecule has 5 saturated heterocycles. The smallest absolute Gasteiger partial charge is 0.330 e. The fraction of sp³-hybridized carbons (Fsp3) is 0.667. The lowest BCUT2D eigenvalue weighted by Crippen LogP contribution is -2.37. The van der Waals surface area contributed by atoms with E-state index in [0.29, 0.717) is 0 Å². The number of ether oxygens (including phenoxy) is 9. The van der Waals surface area contributed by atoms with Gasteiger partial charge in [0.1, 0.15) is 68.1 Å². The highest BCUT2D eigenvalue weighted by Crippen LogP contribution is 2.44. The van der Waals surface area contributed by atoms with Gasteiger partial charge in [0.2, 0.25) is 5.24 Å². The number of esters is 2. The second kappa shape index (κ2) is 24.3. The summed E-state index contributed by atoms with van der Waals surface area (Å²) in [5, 5.41) is 29.0. The summed E-state index contributed by atoms with van der Waals surface area (Å²) in [5.41, 5.74) is -3.54. The molecule has 0 saturated carbocycles. The molecule has 5 aliphatic rings. The number of hydrogen-bond acceptors (Lipinski definition) is 21. The monoisotopic (exact) mass is 1060 g/mol. The molecule has 0 radical (unpaired) electrons. The van der Waals surface area contributed by atoms with E-state index in [9.17, 15) is 58.5 Å². The zero-order valence-electron chi connectivity index (χ0n) is 41.7. The number of carbonyl (C=O) groups excluding carboxylic acids is 3. The first-order chi connectivity index (χ1) is 34.0. The van der Waals surface area contributed by atoms with E-state index in [4.69, 9.17) is 54.2 Å². The normalized spacial score (nSPS) is 29.3. The molecule has 0 spiro atoms. The maximum absolute atomic E-state index is 12.1. The lowest BCUT2D eigenvalue weighted by Gasteiger charge is -2.24. The van der Waals surface area contributed by atoms with Crippen molar-refractivity contribution in [2.24, 2.45) is 17.8 Å². The molecule has 27 nitrogen and oxygen atoms in total. The van der Waals surface area contributed by atoms with Crippen LogP contribution in [0.5, 0.6) is 0 Å². The Balaban J connectivity index is 0.000000193. The molecule has 0 bridgehead atoms. The molecule has 3 unspecified atom stereocenters. The number of aromatic nitrogens is 6. The Labute approximate surface area is 420 Å². The van der Waals surface area contributed by atoms with Crippen molar-refractivity contribution in [1.82, 2.24) is 28.7 Å². The van der Waals surface area contributed by atoms with Gasteiger partial charge in [0.25, 0.3) is 16.7 Å². The minimum Gasteiger partial charge on any atom is -0.463 e. The van der Waals surface area contributed by atoms with E-state index in [1.54, 1.807) is 69.2 Å². The van der Waals surface area contributed by atoms with Crippen LogP contribution in [-0.2, 0) is 57.0 Å². The number of fused-ring (bicyclic) bond motifs is 2. The van der Waals surface area contributed by atoms with Gasteiger partial charge in [0, 0.05) is 42.7 Å². The molecule has 0 amide bonds. The minimum atomic E-state index is -1.40. The van der Waals surface area contributed by atoms with Crippen LogP contribution in [0.2, 0.25) is 0 Å². The summed E-state index contributed by atoms with van der Waals surface area (Å²) in [6.07, 6.45) is -5.78. The average Bonchev–Trinajstić information content (AvgIpc) is 4.06. The van der Waals surface area contributed by atoms with Crippen LogP contribution in [0.25, 0.3) is 0 Å². The summed E-state index contributed by atoms with van der Waals surface area (Å²) >= 11 is 4.97. The van der Waals surface area contributed by atoms with Gasteiger partial charge < -0.3 is 58.0 Å². The quantitative estimate of drug-likeness (QED) is 0.0976. The molecule has 28 heteroatoms. The van der Waals surface area contributed by atoms with Crippen molar-refractivity contribution in [3.63, 3.8) is 0 Å². The Morgan fingerprint density at radius 3 is 1.25 bits per heavy atom. The summed E-state index contributed by atoms with van der Waals surface area (Å²) in [5.74, 6) is -3.09. The van der Waals surface area contributed by atoms with Gasteiger partial charge in [-0.3, -0.25) is 57.4 Å². The van der Waals surface area contributed by atoms with Gasteiger partial charge in [-0.1, -0.05) is 41.5 Å². The van der Waals surface area contributed by atoms with Crippen LogP contribution in [0.15, 0.2) is 65.6 Å². The number of halogens is 1. The summed E-state index contributed by atoms with van der Waals surface area (Å²) in [6.45, 7) is 16.8. The number of H-pyrrole nitrogens is 3. The highest BCUT2D eigenvalue weighted by Gasteiger charge is 2.57. The summed E-state index contributed by atoms with van der Waals surface area (Å²) in [7, 11) is 0. The van der Waals surface area contributed by atoms with Crippen LogP contribution >= 0.6 is 11.6 Å². The standard InChI is InChI=1S/C16H22N2O7.C13H18N2O7.C12H16N2O6.C4H7ClO/c1-8(2)14(20)22-7-9-11-12(25-16(3,4)24-11)13(23-9)18-6-5-10(19)17-15(18)21;1-6(2)12(19)21-5-7-9(17)10(18)11(22-7)15-4-3-8(16)14-13(15)20;1-12(2)19-8-6(5-15)18-10(9(8)20-12)14-4-3-7(16)13-11(14)17;1-3(2)4(5)6/h5-6,8-9,11-13H,7H2,1-4H3,(H,17,19,21);3-4,6-7,9-11,17-18H,5H2,1-2H3,(H,14,16,20);3-4,6,8-10,15H,5H2,1-2H3,(H,13,16,17);3H,1-2H3/t9-,11?,12+,13-;7-,9?,10+,11-;6-,8?,9+,10-;/m111./s1. The van der Waals surface area contributed by atoms with Crippen LogP contribution in [0.3, 0.4) is 0 Å². The van der Waals surface area contributed by atoms with Crippen molar-refractivity contribution < 1.29 is 72.3 Å². The number of nitrogens with zero attached hydrogens (tertiary/aromatic N) is 3. The molecule has 6 N–H and O–H groups in total. The van der Waals surface area contributed by atoms with E-state index in [1.165, 1.54) is 33.7 Å². The van der Waals surface area contributed by atoms with Crippen molar-refractivity contribution in [2.75, 3.05) is 19.8 Å². The lowest BCUT2D eigenvalue weighted by atomic mass is 10.1. The van der Waals surface area contributed by atoms with Gasteiger partial charge in [-0.25, -0.2) is 14.4 Å². The molecule has 8 rings (SSSR count). The van der Waals surface area contributed by atoms with E-state index in [-0.39, 0.29) is 48.8 Å². The van der Waals surface area contributed by atoms with E-state index >= 15 is 0 Å². The van der Waals surface area contributed by atoms with Crippen molar-refractivity contribution >= 4 is 28.8 Å². The third-order valence-corrected chi connectivity index (χ3v) is 11.8. The van der Waals surface area contributed by atoms with E-state index in [0.717, 1.165) is 16.8 Å². The molecule has 3 aromatic heterocycles. The van der Waals surface area contributed by atoms with E-state index < -0.39 is 125 Å². The van der Waals surface area contributed by atoms with Crippen molar-refractivity contribution in [2.45, 2.75) is 154 Å². The molecule has 0 aliphatic carbocycles. The van der Waals surface area contributed by atoms with Crippen LogP contribution in [0, 0.1) is 17.8 Å². The predicted molar refractivity (Wildman–Crippen MR) is 250 cm³/mol.